The lowest BCUT2D eigenvalue weighted by Gasteiger charge is -2.07. The van der Waals surface area contributed by atoms with Gasteiger partial charge in [0.2, 0.25) is 0 Å². The maximum absolute atomic E-state index is 12.2. The molecule has 1 N–H and O–H groups in total. The lowest BCUT2D eigenvalue weighted by atomic mass is 10.2. The van der Waals surface area contributed by atoms with Gasteiger partial charge in [-0.1, -0.05) is 17.7 Å². The number of rotatable bonds is 3. The van der Waals surface area contributed by atoms with Crippen LogP contribution in [0.5, 0.6) is 0 Å². The molecule has 0 fully saturated rings. The topological polar surface area (TPSA) is 42.0 Å². The molecule has 0 radical (unpaired) electrons. The second-order valence-corrected chi connectivity index (χ2v) is 5.74. The first-order chi connectivity index (χ1) is 9.10. The van der Waals surface area contributed by atoms with Crippen LogP contribution in [0.25, 0.3) is 0 Å². The van der Waals surface area contributed by atoms with E-state index in [1.54, 1.807) is 42.1 Å². The fourth-order valence-corrected chi connectivity index (χ4v) is 2.45. The second kappa shape index (κ2) is 6.41. The van der Waals surface area contributed by atoms with Gasteiger partial charge in [-0.3, -0.25) is 4.79 Å². The summed E-state index contributed by atoms with van der Waals surface area (Å²) in [5.41, 5.74) is 0.440. The first-order valence-electron chi connectivity index (χ1n) is 5.37. The molecule has 1 heterocycles. The Morgan fingerprint density at radius 3 is 2.84 bits per heavy atom. The van der Waals surface area contributed by atoms with Gasteiger partial charge in [0.25, 0.3) is 5.91 Å². The van der Waals surface area contributed by atoms with Crippen molar-refractivity contribution in [3.8, 4) is 0 Å². The number of amides is 1. The Bertz CT molecular complexity index is 621. The van der Waals surface area contributed by atoms with Gasteiger partial charge in [0.15, 0.2) is 0 Å². The number of carbonyl (C=O) groups excluding carboxylic acids is 1. The van der Waals surface area contributed by atoms with E-state index in [-0.39, 0.29) is 5.91 Å². The molecule has 0 saturated carbocycles. The van der Waals surface area contributed by atoms with E-state index >= 15 is 0 Å². The van der Waals surface area contributed by atoms with Gasteiger partial charge < -0.3 is 5.32 Å². The number of aromatic nitrogens is 1. The average Bonchev–Trinajstić information content (AvgIpc) is 2.39. The van der Waals surface area contributed by atoms with Crippen molar-refractivity contribution < 1.29 is 4.79 Å². The highest BCUT2D eigenvalue weighted by Gasteiger charge is 2.12. The van der Waals surface area contributed by atoms with Gasteiger partial charge in [-0.25, -0.2) is 4.98 Å². The molecule has 1 aromatic heterocycles. The smallest absolute Gasteiger partial charge is 0.258 e. The van der Waals surface area contributed by atoms with E-state index < -0.39 is 0 Å². The number of nitrogens with zero attached hydrogens (tertiary/aromatic N) is 1. The van der Waals surface area contributed by atoms with E-state index in [0.717, 1.165) is 4.90 Å². The number of anilines is 1. The van der Waals surface area contributed by atoms with E-state index in [1.165, 1.54) is 0 Å². The summed E-state index contributed by atoms with van der Waals surface area (Å²) >= 11 is 10.9. The van der Waals surface area contributed by atoms with Crippen molar-refractivity contribution in [2.45, 2.75) is 4.90 Å². The maximum atomic E-state index is 12.2. The van der Waals surface area contributed by atoms with Crippen molar-refractivity contribution >= 4 is 51.0 Å². The highest BCUT2D eigenvalue weighted by Crippen LogP contribution is 2.23. The first kappa shape index (κ1) is 14.4. The van der Waals surface area contributed by atoms with Crippen LogP contribution in [0.1, 0.15) is 10.4 Å². The summed E-state index contributed by atoms with van der Waals surface area (Å²) in [6.07, 6.45) is 1.95. The monoisotopic (exact) mass is 356 g/mol. The van der Waals surface area contributed by atoms with Crippen LogP contribution in [0.15, 0.2) is 45.9 Å². The maximum Gasteiger partial charge on any atom is 0.258 e. The molecule has 2 rings (SSSR count). The summed E-state index contributed by atoms with van der Waals surface area (Å²) in [6, 6.07) is 10.7. The first-order valence-corrected chi connectivity index (χ1v) is 7.77. The third-order valence-electron chi connectivity index (χ3n) is 2.37. The molecule has 0 aliphatic carbocycles. The van der Waals surface area contributed by atoms with Gasteiger partial charge in [-0.05, 0) is 52.5 Å². The number of halogens is 2. The minimum absolute atomic E-state index is 0.272. The van der Waals surface area contributed by atoms with Crippen LogP contribution in [-0.4, -0.2) is 17.1 Å². The molecule has 0 aliphatic heterocycles. The fourth-order valence-electron chi connectivity index (χ4n) is 1.47. The number of pyridine rings is 1. The summed E-state index contributed by atoms with van der Waals surface area (Å²) in [6.45, 7) is 0. The molecule has 0 spiro atoms. The van der Waals surface area contributed by atoms with Crippen molar-refractivity contribution in [2.24, 2.45) is 0 Å². The Balaban J connectivity index is 2.25. The van der Waals surface area contributed by atoms with Gasteiger partial charge in [0.1, 0.15) is 10.4 Å². The molecule has 3 nitrogen and oxygen atoms in total. The van der Waals surface area contributed by atoms with Crippen molar-refractivity contribution in [1.29, 1.82) is 0 Å². The number of benzene rings is 1. The zero-order valence-electron chi connectivity index (χ0n) is 9.98. The quantitative estimate of drug-likeness (QED) is 0.651. The third kappa shape index (κ3) is 3.72. The molecule has 6 heteroatoms. The number of hydrogen-bond donors (Lipinski definition) is 1. The van der Waals surface area contributed by atoms with Crippen LogP contribution in [0.2, 0.25) is 5.02 Å². The molecule has 1 aromatic carbocycles. The Hall–Kier alpha value is -1.04. The van der Waals surface area contributed by atoms with E-state index in [1.807, 2.05) is 12.3 Å². The van der Waals surface area contributed by atoms with Gasteiger partial charge >= 0.3 is 0 Å². The largest absolute Gasteiger partial charge is 0.306 e. The standard InChI is InChI=1S/C13H10BrClN2OS/c1-19-8-5-6-10(15)9(7-8)13(18)17-12-4-2-3-11(14)16-12/h2-7H,1H3,(H,16,17,18). The molecule has 19 heavy (non-hydrogen) atoms. The minimum atomic E-state index is -0.272. The zero-order valence-corrected chi connectivity index (χ0v) is 13.1. The number of thioether (sulfide) groups is 1. The van der Waals surface area contributed by atoms with E-state index in [9.17, 15) is 4.79 Å². The predicted molar refractivity (Wildman–Crippen MR) is 83.1 cm³/mol. The molecule has 0 aliphatic rings. The van der Waals surface area contributed by atoms with Crippen LogP contribution in [0.3, 0.4) is 0 Å². The van der Waals surface area contributed by atoms with E-state index in [2.05, 4.69) is 26.2 Å². The highest BCUT2D eigenvalue weighted by molar-refractivity contribution is 9.10. The summed E-state index contributed by atoms with van der Waals surface area (Å²) in [5.74, 6) is 0.205. The SMILES string of the molecule is CSc1ccc(Cl)c(C(=O)Nc2cccc(Br)n2)c1. The molecular weight excluding hydrogens is 348 g/mol. The van der Waals surface area contributed by atoms with Gasteiger partial charge in [-0.15, -0.1) is 11.8 Å². The Morgan fingerprint density at radius 1 is 1.37 bits per heavy atom. The summed E-state index contributed by atoms with van der Waals surface area (Å²) in [7, 11) is 0. The van der Waals surface area contributed by atoms with Crippen LogP contribution in [0, 0.1) is 0 Å². The molecule has 0 atom stereocenters. The van der Waals surface area contributed by atoms with Crippen LogP contribution in [-0.2, 0) is 0 Å². The lowest BCUT2D eigenvalue weighted by molar-refractivity contribution is 0.102. The third-order valence-corrected chi connectivity index (χ3v) is 3.87. The van der Waals surface area contributed by atoms with Crippen LogP contribution < -0.4 is 5.32 Å². The highest BCUT2D eigenvalue weighted by atomic mass is 79.9. The van der Waals surface area contributed by atoms with Gasteiger partial charge in [0.05, 0.1) is 10.6 Å². The van der Waals surface area contributed by atoms with Crippen molar-refractivity contribution in [3.63, 3.8) is 0 Å². The molecule has 0 unspecified atom stereocenters. The lowest BCUT2D eigenvalue weighted by Crippen LogP contribution is -2.13. The van der Waals surface area contributed by atoms with Gasteiger partial charge in [-0.2, -0.15) is 0 Å². The second-order valence-electron chi connectivity index (χ2n) is 3.65. The summed E-state index contributed by atoms with van der Waals surface area (Å²) in [5, 5.41) is 3.14. The number of hydrogen-bond acceptors (Lipinski definition) is 3. The zero-order chi connectivity index (χ0) is 13.8. The number of nitrogens with one attached hydrogen (secondary N) is 1. The average molecular weight is 358 g/mol. The molecule has 0 saturated heterocycles. The van der Waals surface area contributed by atoms with E-state index in [0.29, 0.717) is 21.0 Å². The fraction of sp³-hybridized carbons (Fsp3) is 0.0769. The Morgan fingerprint density at radius 2 is 2.16 bits per heavy atom. The van der Waals surface area contributed by atoms with E-state index in [4.69, 9.17) is 11.6 Å². The molecular formula is C13H10BrClN2OS. The molecule has 98 valence electrons. The predicted octanol–water partition coefficient (Wildman–Crippen LogP) is 4.47. The van der Waals surface area contributed by atoms with Crippen molar-refractivity contribution in [1.82, 2.24) is 4.98 Å². The summed E-state index contributed by atoms with van der Waals surface area (Å²) in [4.78, 5) is 17.3. The van der Waals surface area contributed by atoms with Crippen molar-refractivity contribution in [2.75, 3.05) is 11.6 Å². The number of carbonyl (C=O) groups is 1. The summed E-state index contributed by atoms with van der Waals surface area (Å²) < 4.78 is 0.661. The van der Waals surface area contributed by atoms with Gasteiger partial charge in [0, 0.05) is 4.90 Å². The van der Waals surface area contributed by atoms with Crippen LogP contribution >= 0.6 is 39.3 Å². The molecule has 2 aromatic rings. The molecule has 1 amide bonds. The molecule has 0 bridgehead atoms. The Kier molecular flexibility index (Phi) is 4.85. The Labute approximate surface area is 128 Å². The van der Waals surface area contributed by atoms with Crippen molar-refractivity contribution in [3.05, 3.63) is 51.6 Å². The van der Waals surface area contributed by atoms with Crippen LogP contribution in [0.4, 0.5) is 5.82 Å². The normalized spacial score (nSPS) is 10.3. The minimum Gasteiger partial charge on any atom is -0.306 e.